The summed E-state index contributed by atoms with van der Waals surface area (Å²) in [7, 11) is 0. The number of carboxylic acid groups (broad SMARTS) is 1. The first-order valence-corrected chi connectivity index (χ1v) is 6.43. The quantitative estimate of drug-likeness (QED) is 0.802. The smallest absolute Gasteiger partial charge is 0.313 e. The summed E-state index contributed by atoms with van der Waals surface area (Å²) in [6, 6.07) is 0. The molecule has 1 aromatic rings. The normalized spacial score (nSPS) is 18.1. The van der Waals surface area contributed by atoms with Crippen molar-refractivity contribution in [2.24, 2.45) is 5.41 Å². The lowest BCUT2D eigenvalue weighted by atomic mass is 9.70. The number of nitrogens with zero attached hydrogens (tertiary/aromatic N) is 2. The summed E-state index contributed by atoms with van der Waals surface area (Å²) in [6.45, 7) is 3.23. The molecule has 16 heavy (non-hydrogen) atoms. The number of thioether (sulfide) groups is 1. The Bertz CT molecular complexity index is 385. The van der Waals surface area contributed by atoms with Gasteiger partial charge in [0.2, 0.25) is 0 Å². The second-order valence-electron chi connectivity index (χ2n) is 4.68. The first kappa shape index (κ1) is 11.5. The van der Waals surface area contributed by atoms with Gasteiger partial charge in [-0.2, -0.15) is 0 Å². The fourth-order valence-electron chi connectivity index (χ4n) is 2.03. The molecule has 1 saturated carbocycles. The summed E-state index contributed by atoms with van der Waals surface area (Å²) in [5, 5.41) is 9.45. The minimum Gasteiger partial charge on any atom is -0.481 e. The highest BCUT2D eigenvalue weighted by Gasteiger charge is 2.32. The van der Waals surface area contributed by atoms with Gasteiger partial charge in [-0.05, 0) is 18.3 Å². The molecule has 0 bridgehead atoms. The van der Waals surface area contributed by atoms with Crippen molar-refractivity contribution >= 4 is 17.7 Å². The summed E-state index contributed by atoms with van der Waals surface area (Å²) in [6.07, 6.45) is 7.51. The fraction of sp³-hybridized carbons (Fsp3) is 0.636. The molecule has 0 spiro atoms. The van der Waals surface area contributed by atoms with Crippen molar-refractivity contribution in [1.29, 1.82) is 0 Å². The van der Waals surface area contributed by atoms with Crippen LogP contribution in [0.25, 0.3) is 0 Å². The first-order valence-electron chi connectivity index (χ1n) is 5.45. The van der Waals surface area contributed by atoms with Crippen molar-refractivity contribution in [3.05, 3.63) is 12.4 Å². The van der Waals surface area contributed by atoms with Gasteiger partial charge in [0.1, 0.15) is 0 Å². The van der Waals surface area contributed by atoms with Gasteiger partial charge in [-0.1, -0.05) is 25.1 Å². The molecule has 1 aliphatic carbocycles. The van der Waals surface area contributed by atoms with E-state index in [2.05, 4.69) is 16.5 Å². The van der Waals surface area contributed by atoms with Crippen LogP contribution in [0.2, 0.25) is 0 Å². The number of carbonyl (C=O) groups is 1. The number of aromatic nitrogens is 2. The van der Waals surface area contributed by atoms with E-state index in [-0.39, 0.29) is 5.75 Å². The van der Waals surface area contributed by atoms with Crippen LogP contribution < -0.4 is 0 Å². The molecule has 0 amide bonds. The molecule has 0 atom stereocenters. The summed E-state index contributed by atoms with van der Waals surface area (Å²) < 4.78 is 2.08. The molecule has 5 heteroatoms. The molecule has 0 aromatic carbocycles. The Labute approximate surface area is 99.1 Å². The lowest BCUT2D eigenvalue weighted by molar-refractivity contribution is -0.133. The van der Waals surface area contributed by atoms with Crippen LogP contribution in [0.4, 0.5) is 0 Å². The molecule has 0 unspecified atom stereocenters. The van der Waals surface area contributed by atoms with Gasteiger partial charge in [-0.15, -0.1) is 0 Å². The van der Waals surface area contributed by atoms with Crippen molar-refractivity contribution in [1.82, 2.24) is 9.55 Å². The highest BCUT2D eigenvalue weighted by molar-refractivity contribution is 7.99. The number of imidazole rings is 1. The van der Waals surface area contributed by atoms with Crippen LogP contribution in [0.1, 0.15) is 26.2 Å². The first-order chi connectivity index (χ1) is 7.59. The minimum atomic E-state index is -0.797. The highest BCUT2D eigenvalue weighted by atomic mass is 32.2. The molecular weight excluding hydrogens is 224 g/mol. The number of hydrogen-bond donors (Lipinski definition) is 1. The Morgan fingerprint density at radius 1 is 1.69 bits per heavy atom. The zero-order chi connectivity index (χ0) is 11.6. The predicted octanol–water partition coefficient (Wildman–Crippen LogP) is 2.25. The van der Waals surface area contributed by atoms with Gasteiger partial charge in [0.15, 0.2) is 5.16 Å². The minimum absolute atomic E-state index is 0.0771. The maximum absolute atomic E-state index is 10.5. The van der Waals surface area contributed by atoms with Crippen LogP contribution >= 0.6 is 11.8 Å². The Morgan fingerprint density at radius 2 is 2.44 bits per heavy atom. The largest absolute Gasteiger partial charge is 0.481 e. The Balaban J connectivity index is 1.98. The van der Waals surface area contributed by atoms with Gasteiger partial charge >= 0.3 is 5.97 Å². The predicted molar refractivity (Wildman–Crippen MR) is 62.5 cm³/mol. The third kappa shape index (κ3) is 2.58. The zero-order valence-corrected chi connectivity index (χ0v) is 10.2. The maximum Gasteiger partial charge on any atom is 0.313 e. The summed E-state index contributed by atoms with van der Waals surface area (Å²) in [5.41, 5.74) is 0.388. The maximum atomic E-state index is 10.5. The number of rotatable bonds is 5. The molecule has 1 heterocycles. The second kappa shape index (κ2) is 4.49. The van der Waals surface area contributed by atoms with E-state index in [1.807, 2.05) is 6.20 Å². The van der Waals surface area contributed by atoms with E-state index in [4.69, 9.17) is 5.11 Å². The monoisotopic (exact) mass is 240 g/mol. The molecule has 1 aromatic heterocycles. The van der Waals surface area contributed by atoms with E-state index in [0.717, 1.165) is 11.7 Å². The van der Waals surface area contributed by atoms with Crippen molar-refractivity contribution in [2.45, 2.75) is 37.9 Å². The van der Waals surface area contributed by atoms with E-state index < -0.39 is 5.97 Å². The van der Waals surface area contributed by atoms with Gasteiger partial charge in [-0.25, -0.2) is 4.98 Å². The molecule has 0 radical (unpaired) electrons. The molecule has 88 valence electrons. The molecule has 0 saturated heterocycles. The van der Waals surface area contributed by atoms with E-state index in [9.17, 15) is 4.79 Å². The third-order valence-corrected chi connectivity index (χ3v) is 4.10. The van der Waals surface area contributed by atoms with Crippen molar-refractivity contribution in [3.63, 3.8) is 0 Å². The fourth-order valence-corrected chi connectivity index (χ4v) is 2.71. The molecule has 2 rings (SSSR count). The van der Waals surface area contributed by atoms with Crippen LogP contribution in [-0.2, 0) is 11.3 Å². The highest BCUT2D eigenvalue weighted by Crippen LogP contribution is 2.42. The average molecular weight is 240 g/mol. The lowest BCUT2D eigenvalue weighted by Gasteiger charge is -2.38. The summed E-state index contributed by atoms with van der Waals surface area (Å²) in [5.74, 6) is -0.720. The van der Waals surface area contributed by atoms with Gasteiger partial charge in [0.25, 0.3) is 0 Å². The molecule has 1 N–H and O–H groups in total. The third-order valence-electron chi connectivity index (χ3n) is 3.11. The van der Waals surface area contributed by atoms with Crippen molar-refractivity contribution in [3.8, 4) is 0 Å². The van der Waals surface area contributed by atoms with Crippen LogP contribution in [0.3, 0.4) is 0 Å². The summed E-state index contributed by atoms with van der Waals surface area (Å²) in [4.78, 5) is 14.7. The lowest BCUT2D eigenvalue weighted by Crippen LogP contribution is -2.30. The topological polar surface area (TPSA) is 55.1 Å². The standard InChI is InChI=1S/C11H16N2O2S/c1-11(3-2-4-11)8-13-6-5-12-10(13)16-7-9(14)15/h5-6H,2-4,7-8H2,1H3,(H,14,15). The molecule has 1 fully saturated rings. The van der Waals surface area contributed by atoms with Crippen molar-refractivity contribution < 1.29 is 9.90 Å². The van der Waals surface area contributed by atoms with E-state index in [1.54, 1.807) is 6.20 Å². The van der Waals surface area contributed by atoms with Crippen LogP contribution in [0, 0.1) is 5.41 Å². The zero-order valence-electron chi connectivity index (χ0n) is 9.35. The SMILES string of the molecule is CC1(Cn2ccnc2SCC(=O)O)CCC1. The summed E-state index contributed by atoms with van der Waals surface area (Å²) >= 11 is 1.29. The molecule has 1 aliphatic rings. The van der Waals surface area contributed by atoms with E-state index in [1.165, 1.54) is 31.0 Å². The molecule has 0 aliphatic heterocycles. The second-order valence-corrected chi connectivity index (χ2v) is 5.63. The average Bonchev–Trinajstić information content (AvgIpc) is 2.60. The molecular formula is C11H16N2O2S. The number of carboxylic acids is 1. The number of hydrogen-bond acceptors (Lipinski definition) is 3. The van der Waals surface area contributed by atoms with Gasteiger partial charge < -0.3 is 9.67 Å². The van der Waals surface area contributed by atoms with Gasteiger partial charge in [0, 0.05) is 18.9 Å². The molecule has 4 nitrogen and oxygen atoms in total. The van der Waals surface area contributed by atoms with Gasteiger partial charge in [0.05, 0.1) is 5.75 Å². The van der Waals surface area contributed by atoms with Gasteiger partial charge in [-0.3, -0.25) is 4.79 Å². The van der Waals surface area contributed by atoms with Crippen molar-refractivity contribution in [2.75, 3.05) is 5.75 Å². The Hall–Kier alpha value is -0.970. The Morgan fingerprint density at radius 3 is 3.00 bits per heavy atom. The van der Waals surface area contributed by atoms with Crippen LogP contribution in [0.5, 0.6) is 0 Å². The van der Waals surface area contributed by atoms with Crippen LogP contribution in [-0.4, -0.2) is 26.4 Å². The Kier molecular flexibility index (Phi) is 3.23. The number of aliphatic carboxylic acids is 1. The van der Waals surface area contributed by atoms with Crippen LogP contribution in [0.15, 0.2) is 17.6 Å². The van der Waals surface area contributed by atoms with E-state index in [0.29, 0.717) is 5.41 Å². The van der Waals surface area contributed by atoms with E-state index >= 15 is 0 Å².